The normalized spacial score (nSPS) is 12.2. The van der Waals surface area contributed by atoms with Crippen molar-refractivity contribution in [1.29, 1.82) is 0 Å². The van der Waals surface area contributed by atoms with Gasteiger partial charge in [0.1, 0.15) is 33.5 Å². The van der Waals surface area contributed by atoms with Gasteiger partial charge in [-0.1, -0.05) is 97.1 Å². The molecule has 0 amide bonds. The summed E-state index contributed by atoms with van der Waals surface area (Å²) in [7, 11) is 0. The lowest BCUT2D eigenvalue weighted by molar-refractivity contribution is 0.651. The maximum absolute atomic E-state index is 6.70. The highest BCUT2D eigenvalue weighted by atomic mass is 32.1. The number of para-hydroxylation sites is 2. The molecule has 0 aliphatic carbocycles. The van der Waals surface area contributed by atoms with Gasteiger partial charge in [0, 0.05) is 110 Å². The number of fused-ring (bicyclic) bond motifs is 15. The van der Waals surface area contributed by atoms with Gasteiger partial charge in [0.2, 0.25) is 0 Å². The largest absolute Gasteiger partial charge is 0.456 e. The third-order valence-corrected chi connectivity index (χ3v) is 15.8. The second-order valence-electron chi connectivity index (χ2n) is 17.2. The summed E-state index contributed by atoms with van der Waals surface area (Å²) in [5.74, 6) is 0. The lowest BCUT2D eigenvalue weighted by Crippen LogP contribution is -2.09. The van der Waals surface area contributed by atoms with E-state index in [9.17, 15) is 0 Å². The van der Waals surface area contributed by atoms with Crippen LogP contribution in [0.5, 0.6) is 0 Å². The fraction of sp³-hybridized carbons (Fsp3) is 0. The average molecular weight is 895 g/mol. The number of thiophene rings is 2. The van der Waals surface area contributed by atoms with Gasteiger partial charge < -0.3 is 23.1 Å². The van der Waals surface area contributed by atoms with Crippen molar-refractivity contribution in [1.82, 2.24) is 0 Å². The minimum Gasteiger partial charge on any atom is -0.456 e. The Morgan fingerprint density at radius 2 is 0.627 bits per heavy atom. The molecule has 0 fully saturated rings. The molecule has 15 aromatic rings. The van der Waals surface area contributed by atoms with Crippen LogP contribution in [-0.4, -0.2) is 0 Å². The van der Waals surface area contributed by atoms with Crippen LogP contribution in [0.1, 0.15) is 0 Å². The second-order valence-corrected chi connectivity index (χ2v) is 19.3. The standard InChI is InChI=1S/C60H34N2O3S2/c1-3-13-35(14-4-1)61(49-21-11-19-43-41-17-7-9-23-57(41)66-59(43)49)37-25-27-39-45-31-47-48-32-46-40-28-26-38(30-52(40)64-54(46)34-56(48)65-55(47)33-53(45)63-51(39)29-37)62(36-15-5-2-6-16-36)50-22-12-20-44-42-18-8-10-24-58(42)67-60(44)50/h1-34H. The van der Waals surface area contributed by atoms with Gasteiger partial charge in [0.15, 0.2) is 0 Å². The summed E-state index contributed by atoms with van der Waals surface area (Å²) in [6.45, 7) is 0. The first kappa shape index (κ1) is 36.9. The summed E-state index contributed by atoms with van der Waals surface area (Å²) in [5.41, 5.74) is 11.3. The Morgan fingerprint density at radius 1 is 0.254 bits per heavy atom. The summed E-state index contributed by atoms with van der Waals surface area (Å²) in [6.07, 6.45) is 0. The van der Waals surface area contributed by atoms with E-state index in [0.717, 1.165) is 99.9 Å². The van der Waals surface area contributed by atoms with Gasteiger partial charge in [-0.25, -0.2) is 0 Å². The van der Waals surface area contributed by atoms with Gasteiger partial charge in [0.25, 0.3) is 0 Å². The number of anilines is 6. The van der Waals surface area contributed by atoms with Crippen molar-refractivity contribution in [2.75, 3.05) is 9.80 Å². The van der Waals surface area contributed by atoms with Crippen molar-refractivity contribution in [2.24, 2.45) is 0 Å². The number of benzene rings is 10. The fourth-order valence-electron chi connectivity index (χ4n) is 10.4. The van der Waals surface area contributed by atoms with Crippen LogP contribution in [0.25, 0.3) is 106 Å². The van der Waals surface area contributed by atoms with Crippen molar-refractivity contribution in [2.45, 2.75) is 0 Å². The molecule has 0 aliphatic heterocycles. The van der Waals surface area contributed by atoms with Crippen molar-refractivity contribution in [3.8, 4) is 0 Å². The molecule has 10 aromatic carbocycles. The highest BCUT2D eigenvalue weighted by Gasteiger charge is 2.23. The average Bonchev–Trinajstić information content (AvgIpc) is 4.19. The molecular formula is C60H34N2O3S2. The number of nitrogens with zero attached hydrogens (tertiary/aromatic N) is 2. The SMILES string of the molecule is c1ccc(N(c2ccc3c(c2)oc2cc4oc5cc6oc7cc(N(c8ccccc8)c8cccc9c8sc8ccccc89)ccc7c6cc5c4cc23)c2cccc3c2sc2ccccc23)cc1. The smallest absolute Gasteiger partial charge is 0.139 e. The zero-order valence-electron chi connectivity index (χ0n) is 35.6. The van der Waals surface area contributed by atoms with Gasteiger partial charge in [-0.15, -0.1) is 22.7 Å². The van der Waals surface area contributed by atoms with E-state index in [4.69, 9.17) is 13.3 Å². The Bertz CT molecular complexity index is 4190. The zero-order valence-corrected chi connectivity index (χ0v) is 37.2. The molecule has 5 nitrogen and oxygen atoms in total. The van der Waals surface area contributed by atoms with Crippen LogP contribution in [-0.2, 0) is 0 Å². The summed E-state index contributed by atoms with van der Waals surface area (Å²) in [6, 6.07) is 73.5. The van der Waals surface area contributed by atoms with E-state index in [0.29, 0.717) is 0 Å². The number of hydrogen-bond donors (Lipinski definition) is 0. The number of hydrogen-bond acceptors (Lipinski definition) is 7. The maximum atomic E-state index is 6.70. The predicted octanol–water partition coefficient (Wildman–Crippen LogP) is 19.1. The summed E-state index contributed by atoms with van der Waals surface area (Å²) >= 11 is 3.67. The van der Waals surface area contributed by atoms with E-state index in [2.05, 4.69) is 204 Å². The number of furan rings is 3. The Labute approximate surface area is 390 Å². The molecule has 67 heavy (non-hydrogen) atoms. The summed E-state index contributed by atoms with van der Waals surface area (Å²) in [4.78, 5) is 4.69. The van der Waals surface area contributed by atoms with Gasteiger partial charge in [-0.05, 0) is 84.9 Å². The van der Waals surface area contributed by atoms with Gasteiger partial charge >= 0.3 is 0 Å². The van der Waals surface area contributed by atoms with Crippen LogP contribution in [0.4, 0.5) is 34.1 Å². The first-order valence-electron chi connectivity index (χ1n) is 22.4. The van der Waals surface area contributed by atoms with E-state index in [-0.39, 0.29) is 0 Å². The fourth-order valence-corrected chi connectivity index (χ4v) is 12.8. The Balaban J connectivity index is 0.850. The summed E-state index contributed by atoms with van der Waals surface area (Å²) in [5, 5.41) is 11.4. The molecule has 0 aliphatic rings. The van der Waals surface area contributed by atoms with E-state index in [1.54, 1.807) is 0 Å². The number of rotatable bonds is 6. The predicted molar refractivity (Wildman–Crippen MR) is 283 cm³/mol. The molecule has 0 bridgehead atoms. The minimum absolute atomic E-state index is 0.775. The monoisotopic (exact) mass is 894 g/mol. The lowest BCUT2D eigenvalue weighted by atomic mass is 10.0. The molecule has 15 rings (SSSR count). The Kier molecular flexibility index (Phi) is 7.75. The van der Waals surface area contributed by atoms with Crippen LogP contribution in [0.3, 0.4) is 0 Å². The van der Waals surface area contributed by atoms with E-state index in [1.807, 2.05) is 34.8 Å². The van der Waals surface area contributed by atoms with Gasteiger partial charge in [-0.3, -0.25) is 0 Å². The van der Waals surface area contributed by atoms with Crippen molar-refractivity contribution in [3.63, 3.8) is 0 Å². The van der Waals surface area contributed by atoms with Gasteiger partial charge in [0.05, 0.1) is 20.8 Å². The Morgan fingerprint density at radius 3 is 1.07 bits per heavy atom. The molecular weight excluding hydrogens is 861 g/mol. The van der Waals surface area contributed by atoms with Crippen molar-refractivity contribution < 1.29 is 13.3 Å². The third-order valence-electron chi connectivity index (χ3n) is 13.4. The third kappa shape index (κ3) is 5.53. The van der Waals surface area contributed by atoms with E-state index in [1.165, 1.54) is 40.3 Å². The van der Waals surface area contributed by atoms with E-state index >= 15 is 0 Å². The molecule has 0 N–H and O–H groups in total. The Hall–Kier alpha value is -8.36. The molecule has 0 saturated carbocycles. The maximum Gasteiger partial charge on any atom is 0.139 e. The van der Waals surface area contributed by atoms with Crippen LogP contribution in [0, 0.1) is 0 Å². The molecule has 0 spiro atoms. The molecule has 5 aromatic heterocycles. The summed E-state index contributed by atoms with van der Waals surface area (Å²) < 4.78 is 25.1. The van der Waals surface area contributed by atoms with Crippen LogP contribution in [0.2, 0.25) is 0 Å². The molecule has 0 radical (unpaired) electrons. The quantitative estimate of drug-likeness (QED) is 0.166. The van der Waals surface area contributed by atoms with Crippen LogP contribution >= 0.6 is 22.7 Å². The first-order chi connectivity index (χ1) is 33.2. The zero-order chi connectivity index (χ0) is 43.7. The van der Waals surface area contributed by atoms with Crippen molar-refractivity contribution in [3.05, 3.63) is 206 Å². The molecule has 7 heteroatoms. The van der Waals surface area contributed by atoms with E-state index < -0.39 is 0 Å². The topological polar surface area (TPSA) is 45.9 Å². The molecule has 0 atom stereocenters. The highest BCUT2D eigenvalue weighted by molar-refractivity contribution is 7.26. The molecule has 0 saturated heterocycles. The molecule has 314 valence electrons. The molecule has 0 unspecified atom stereocenters. The highest BCUT2D eigenvalue weighted by Crippen LogP contribution is 2.48. The van der Waals surface area contributed by atoms with Crippen molar-refractivity contribution >= 4 is 163 Å². The first-order valence-corrected chi connectivity index (χ1v) is 24.0. The van der Waals surface area contributed by atoms with Crippen LogP contribution < -0.4 is 9.80 Å². The lowest BCUT2D eigenvalue weighted by Gasteiger charge is -2.26. The minimum atomic E-state index is 0.775. The van der Waals surface area contributed by atoms with Gasteiger partial charge in [-0.2, -0.15) is 0 Å². The second kappa shape index (κ2) is 14.1. The van der Waals surface area contributed by atoms with Crippen LogP contribution in [0.15, 0.2) is 220 Å². The molecule has 5 heterocycles.